The van der Waals surface area contributed by atoms with E-state index in [4.69, 9.17) is 0 Å². The van der Waals surface area contributed by atoms with Gasteiger partial charge in [0.1, 0.15) is 0 Å². The molecule has 1 heteroatoms. The molecule has 0 bridgehead atoms. The normalized spacial score (nSPS) is 38.6. The van der Waals surface area contributed by atoms with Crippen molar-refractivity contribution in [3.63, 3.8) is 0 Å². The van der Waals surface area contributed by atoms with Gasteiger partial charge < -0.3 is 5.11 Å². The van der Waals surface area contributed by atoms with Gasteiger partial charge in [-0.3, -0.25) is 0 Å². The van der Waals surface area contributed by atoms with Gasteiger partial charge in [-0.1, -0.05) is 50.1 Å². The first kappa shape index (κ1) is 14.1. The van der Waals surface area contributed by atoms with Gasteiger partial charge in [0.05, 0.1) is 5.60 Å². The lowest BCUT2D eigenvalue weighted by Crippen LogP contribution is -2.42. The number of rotatable bonds is 2. The summed E-state index contributed by atoms with van der Waals surface area (Å²) in [5.74, 6) is 2.10. The molecule has 1 N–H and O–H groups in total. The second-order valence-electron chi connectivity index (χ2n) is 7.25. The lowest BCUT2D eigenvalue weighted by atomic mass is 9.65. The van der Waals surface area contributed by atoms with Crippen molar-refractivity contribution in [2.75, 3.05) is 0 Å². The minimum absolute atomic E-state index is 0.356. The molecule has 1 nitrogen and oxygen atoms in total. The van der Waals surface area contributed by atoms with Crippen molar-refractivity contribution in [2.45, 2.75) is 69.8 Å². The highest BCUT2D eigenvalue weighted by atomic mass is 16.3. The van der Waals surface area contributed by atoms with Gasteiger partial charge in [-0.2, -0.15) is 0 Å². The maximum absolute atomic E-state index is 11.0. The smallest absolute Gasteiger partial charge is 0.0676 e. The summed E-state index contributed by atoms with van der Waals surface area (Å²) < 4.78 is 0. The van der Waals surface area contributed by atoms with Crippen LogP contribution in [-0.2, 0) is 0 Å². The molecule has 110 valence electrons. The Balaban J connectivity index is 1.60. The first-order valence-corrected chi connectivity index (χ1v) is 8.45. The lowest BCUT2D eigenvalue weighted by Gasteiger charge is -2.44. The largest absolute Gasteiger partial charge is 0.390 e. The third-order valence-electron chi connectivity index (χ3n) is 5.90. The molecule has 3 rings (SSSR count). The number of benzene rings is 1. The SMILES string of the molecule is CC1CCC(C2(O)CCC(c3ccccc3)CC2)CC1. The summed E-state index contributed by atoms with van der Waals surface area (Å²) in [7, 11) is 0. The van der Waals surface area contributed by atoms with E-state index in [-0.39, 0.29) is 5.60 Å². The summed E-state index contributed by atoms with van der Waals surface area (Å²) >= 11 is 0. The third-order valence-corrected chi connectivity index (χ3v) is 5.90. The average molecular weight is 272 g/mol. The van der Waals surface area contributed by atoms with Crippen LogP contribution in [0.4, 0.5) is 0 Å². The molecule has 0 unspecified atom stereocenters. The van der Waals surface area contributed by atoms with Crippen molar-refractivity contribution < 1.29 is 5.11 Å². The van der Waals surface area contributed by atoms with Crippen molar-refractivity contribution in [1.29, 1.82) is 0 Å². The molecule has 0 saturated heterocycles. The molecule has 0 amide bonds. The van der Waals surface area contributed by atoms with Crippen molar-refractivity contribution in [3.05, 3.63) is 35.9 Å². The molecule has 2 aliphatic carbocycles. The first-order valence-electron chi connectivity index (χ1n) is 8.45. The fraction of sp³-hybridized carbons (Fsp3) is 0.684. The molecular weight excluding hydrogens is 244 g/mol. The van der Waals surface area contributed by atoms with Crippen LogP contribution >= 0.6 is 0 Å². The average Bonchev–Trinajstić information content (AvgIpc) is 2.49. The van der Waals surface area contributed by atoms with Crippen LogP contribution in [-0.4, -0.2) is 10.7 Å². The standard InChI is InChI=1S/C19H28O/c1-15-7-9-18(10-8-15)19(20)13-11-17(12-14-19)16-5-3-2-4-6-16/h2-6,15,17-18,20H,7-14H2,1H3. The van der Waals surface area contributed by atoms with E-state index in [0.717, 1.165) is 31.6 Å². The lowest BCUT2D eigenvalue weighted by molar-refractivity contribution is -0.0680. The molecule has 2 saturated carbocycles. The summed E-state index contributed by atoms with van der Waals surface area (Å²) in [5, 5.41) is 11.0. The summed E-state index contributed by atoms with van der Waals surface area (Å²) in [6.07, 6.45) is 9.45. The van der Waals surface area contributed by atoms with Gasteiger partial charge in [-0.15, -0.1) is 0 Å². The molecular formula is C19H28O. The highest BCUT2D eigenvalue weighted by molar-refractivity contribution is 5.20. The topological polar surface area (TPSA) is 20.2 Å². The monoisotopic (exact) mass is 272 g/mol. The van der Waals surface area contributed by atoms with Crippen LogP contribution in [0.3, 0.4) is 0 Å². The van der Waals surface area contributed by atoms with Crippen molar-refractivity contribution in [1.82, 2.24) is 0 Å². The Morgan fingerprint density at radius 1 is 0.900 bits per heavy atom. The van der Waals surface area contributed by atoms with Crippen molar-refractivity contribution in [3.8, 4) is 0 Å². The molecule has 0 heterocycles. The second-order valence-corrected chi connectivity index (χ2v) is 7.25. The molecule has 0 radical (unpaired) electrons. The molecule has 0 spiro atoms. The summed E-state index contributed by atoms with van der Waals surface area (Å²) in [5.41, 5.74) is 1.11. The maximum atomic E-state index is 11.0. The summed E-state index contributed by atoms with van der Waals surface area (Å²) in [6, 6.07) is 10.9. The minimum Gasteiger partial charge on any atom is -0.390 e. The molecule has 20 heavy (non-hydrogen) atoms. The van der Waals surface area contributed by atoms with Gasteiger partial charge in [-0.05, 0) is 61.8 Å². The Morgan fingerprint density at radius 2 is 1.50 bits per heavy atom. The zero-order chi connectivity index (χ0) is 14.0. The van der Waals surface area contributed by atoms with E-state index in [1.165, 1.54) is 31.2 Å². The predicted octanol–water partition coefficient (Wildman–Crippen LogP) is 4.90. The van der Waals surface area contributed by atoms with Crippen LogP contribution in [0.15, 0.2) is 30.3 Å². The molecule has 2 aliphatic rings. The second kappa shape index (κ2) is 5.89. The molecule has 2 fully saturated rings. The van der Waals surface area contributed by atoms with Crippen LogP contribution in [0.5, 0.6) is 0 Å². The Kier molecular flexibility index (Phi) is 4.16. The van der Waals surface area contributed by atoms with Crippen LogP contribution in [0.25, 0.3) is 0 Å². The van der Waals surface area contributed by atoms with Crippen LogP contribution in [0.2, 0.25) is 0 Å². The highest BCUT2D eigenvalue weighted by Crippen LogP contribution is 2.46. The van der Waals surface area contributed by atoms with Gasteiger partial charge in [-0.25, -0.2) is 0 Å². The van der Waals surface area contributed by atoms with E-state index < -0.39 is 0 Å². The van der Waals surface area contributed by atoms with Crippen LogP contribution < -0.4 is 0 Å². The maximum Gasteiger partial charge on any atom is 0.0676 e. The Bertz CT molecular complexity index is 409. The van der Waals surface area contributed by atoms with Gasteiger partial charge >= 0.3 is 0 Å². The van der Waals surface area contributed by atoms with E-state index in [1.807, 2.05) is 0 Å². The van der Waals surface area contributed by atoms with Crippen molar-refractivity contribution in [2.24, 2.45) is 11.8 Å². The fourth-order valence-corrected chi connectivity index (χ4v) is 4.38. The van der Waals surface area contributed by atoms with Gasteiger partial charge in [0, 0.05) is 0 Å². The van der Waals surface area contributed by atoms with E-state index in [9.17, 15) is 5.11 Å². The molecule has 1 aromatic rings. The molecule has 0 aliphatic heterocycles. The Labute approximate surface area is 123 Å². The Hall–Kier alpha value is -0.820. The summed E-state index contributed by atoms with van der Waals surface area (Å²) in [4.78, 5) is 0. The zero-order valence-corrected chi connectivity index (χ0v) is 12.7. The third kappa shape index (κ3) is 2.93. The fourth-order valence-electron chi connectivity index (χ4n) is 4.38. The summed E-state index contributed by atoms with van der Waals surface area (Å²) in [6.45, 7) is 2.35. The van der Waals surface area contributed by atoms with Crippen molar-refractivity contribution >= 4 is 0 Å². The van der Waals surface area contributed by atoms with Gasteiger partial charge in [0.2, 0.25) is 0 Å². The van der Waals surface area contributed by atoms with Crippen LogP contribution in [0, 0.1) is 11.8 Å². The van der Waals surface area contributed by atoms with E-state index in [2.05, 4.69) is 37.3 Å². The molecule has 1 aromatic carbocycles. The number of aliphatic hydroxyl groups is 1. The highest BCUT2D eigenvalue weighted by Gasteiger charge is 2.41. The predicted molar refractivity (Wildman–Crippen MR) is 83.7 cm³/mol. The van der Waals surface area contributed by atoms with Gasteiger partial charge in [0.25, 0.3) is 0 Å². The van der Waals surface area contributed by atoms with E-state index in [0.29, 0.717) is 11.8 Å². The van der Waals surface area contributed by atoms with E-state index >= 15 is 0 Å². The first-order chi connectivity index (χ1) is 9.67. The Morgan fingerprint density at radius 3 is 2.10 bits per heavy atom. The minimum atomic E-state index is -0.356. The van der Waals surface area contributed by atoms with E-state index in [1.54, 1.807) is 0 Å². The number of hydrogen-bond donors (Lipinski definition) is 1. The van der Waals surface area contributed by atoms with Gasteiger partial charge in [0.15, 0.2) is 0 Å². The molecule has 0 atom stereocenters. The van der Waals surface area contributed by atoms with Crippen LogP contribution in [0.1, 0.15) is 69.8 Å². The zero-order valence-electron chi connectivity index (χ0n) is 12.7. The number of hydrogen-bond acceptors (Lipinski definition) is 1. The quantitative estimate of drug-likeness (QED) is 0.811. The molecule has 0 aromatic heterocycles.